The third kappa shape index (κ3) is 6.25. The average molecular weight is 428 g/mol. The minimum atomic E-state index is -1.78. The van der Waals surface area contributed by atoms with Gasteiger partial charge in [-0.2, -0.15) is 0 Å². The molecule has 0 aliphatic carbocycles. The topological polar surface area (TPSA) is 39.7 Å². The highest BCUT2D eigenvalue weighted by molar-refractivity contribution is 6.74. The maximum Gasteiger partial charge on any atom is 0.192 e. The Hall–Kier alpha value is -1.50. The first-order chi connectivity index (χ1) is 14.3. The largest absolute Gasteiger partial charge is 0.415 e. The number of rotatable bonds is 10. The van der Waals surface area contributed by atoms with Crippen molar-refractivity contribution in [3.8, 4) is 0 Å². The first-order valence-corrected chi connectivity index (χ1v) is 13.8. The molecule has 3 atom stereocenters. The Kier molecular flexibility index (Phi) is 7.88. The lowest BCUT2D eigenvalue weighted by Gasteiger charge is -2.47. The molecule has 164 valence electrons. The molecule has 0 saturated carbocycles. The molecule has 3 rings (SSSR count). The normalized spacial score (nSPS) is 22.0. The van der Waals surface area contributed by atoms with Crippen molar-refractivity contribution in [1.82, 2.24) is 5.32 Å². The van der Waals surface area contributed by atoms with Gasteiger partial charge in [-0.3, -0.25) is 0 Å². The molecule has 1 heterocycles. The smallest absolute Gasteiger partial charge is 0.192 e. The Bertz CT molecular complexity index is 761. The Morgan fingerprint density at radius 2 is 1.33 bits per heavy atom. The molecule has 0 bridgehead atoms. The molecule has 0 amide bonds. The van der Waals surface area contributed by atoms with Gasteiger partial charge in [0.1, 0.15) is 0 Å². The summed E-state index contributed by atoms with van der Waals surface area (Å²) in [5.41, 5.74) is 2.38. The quantitative estimate of drug-likeness (QED) is 0.532. The zero-order chi connectivity index (χ0) is 21.6. The van der Waals surface area contributed by atoms with Crippen molar-refractivity contribution in [1.29, 1.82) is 0 Å². The Morgan fingerprint density at radius 3 is 1.90 bits per heavy atom. The SMILES string of the molecule is CC(C)(C)[Si](C)(C)OC[C@@H]1N[C@@H](COCc2ccccc2)[C@@H]1OCc1ccccc1. The lowest BCUT2D eigenvalue weighted by atomic mass is 9.94. The number of nitrogens with one attached hydrogen (secondary N) is 1. The molecule has 30 heavy (non-hydrogen) atoms. The minimum absolute atomic E-state index is 0.0887. The van der Waals surface area contributed by atoms with Gasteiger partial charge < -0.3 is 19.2 Å². The highest BCUT2D eigenvalue weighted by Crippen LogP contribution is 2.37. The van der Waals surface area contributed by atoms with Crippen molar-refractivity contribution in [2.45, 2.75) is 70.3 Å². The van der Waals surface area contributed by atoms with Crippen molar-refractivity contribution >= 4 is 8.32 Å². The summed E-state index contributed by atoms with van der Waals surface area (Å²) in [7, 11) is -1.78. The van der Waals surface area contributed by atoms with E-state index < -0.39 is 8.32 Å². The van der Waals surface area contributed by atoms with E-state index in [2.05, 4.69) is 75.6 Å². The van der Waals surface area contributed by atoms with Crippen LogP contribution in [0.4, 0.5) is 0 Å². The van der Waals surface area contributed by atoms with Gasteiger partial charge in [0.25, 0.3) is 0 Å². The fourth-order valence-electron chi connectivity index (χ4n) is 3.30. The van der Waals surface area contributed by atoms with Gasteiger partial charge in [0.15, 0.2) is 8.32 Å². The molecule has 1 saturated heterocycles. The van der Waals surface area contributed by atoms with E-state index in [1.54, 1.807) is 0 Å². The van der Waals surface area contributed by atoms with Gasteiger partial charge in [-0.1, -0.05) is 81.4 Å². The molecule has 1 fully saturated rings. The van der Waals surface area contributed by atoms with Crippen LogP contribution in [0, 0.1) is 0 Å². The average Bonchev–Trinajstić information content (AvgIpc) is 2.70. The van der Waals surface area contributed by atoms with Crippen LogP contribution in [0.2, 0.25) is 18.1 Å². The van der Waals surface area contributed by atoms with Crippen LogP contribution in [0.15, 0.2) is 60.7 Å². The highest BCUT2D eigenvalue weighted by Gasteiger charge is 2.44. The molecular formula is C25H37NO3Si. The van der Waals surface area contributed by atoms with Crippen LogP contribution < -0.4 is 5.32 Å². The van der Waals surface area contributed by atoms with Crippen LogP contribution >= 0.6 is 0 Å². The van der Waals surface area contributed by atoms with Gasteiger partial charge in [0.2, 0.25) is 0 Å². The Morgan fingerprint density at radius 1 is 0.800 bits per heavy atom. The molecule has 1 N–H and O–H groups in total. The van der Waals surface area contributed by atoms with E-state index in [0.717, 1.165) is 0 Å². The molecule has 2 aromatic carbocycles. The fourth-order valence-corrected chi connectivity index (χ4v) is 4.33. The molecule has 1 aliphatic rings. The molecular weight excluding hydrogens is 390 g/mol. The number of hydrogen-bond acceptors (Lipinski definition) is 4. The third-order valence-corrected chi connectivity index (χ3v) is 10.8. The van der Waals surface area contributed by atoms with Gasteiger partial charge in [-0.05, 0) is 29.3 Å². The molecule has 4 nitrogen and oxygen atoms in total. The predicted molar refractivity (Wildman–Crippen MR) is 125 cm³/mol. The van der Waals surface area contributed by atoms with Crippen LogP contribution in [-0.4, -0.2) is 39.7 Å². The Labute approximate surface area is 183 Å². The van der Waals surface area contributed by atoms with Crippen molar-refractivity contribution < 1.29 is 13.9 Å². The van der Waals surface area contributed by atoms with Gasteiger partial charge in [0, 0.05) is 0 Å². The zero-order valence-electron chi connectivity index (χ0n) is 19.1. The molecule has 0 aromatic heterocycles. The van der Waals surface area contributed by atoms with Gasteiger partial charge in [0.05, 0.1) is 44.6 Å². The van der Waals surface area contributed by atoms with Gasteiger partial charge >= 0.3 is 0 Å². The summed E-state index contributed by atoms with van der Waals surface area (Å²) in [5, 5.41) is 3.83. The fraction of sp³-hybridized carbons (Fsp3) is 0.520. The van der Waals surface area contributed by atoms with Crippen molar-refractivity contribution in [2.24, 2.45) is 0 Å². The second-order valence-electron chi connectivity index (χ2n) is 9.71. The minimum Gasteiger partial charge on any atom is -0.415 e. The zero-order valence-corrected chi connectivity index (χ0v) is 20.1. The lowest BCUT2D eigenvalue weighted by molar-refractivity contribution is -0.0987. The third-order valence-electron chi connectivity index (χ3n) is 6.35. The van der Waals surface area contributed by atoms with E-state index in [-0.39, 0.29) is 23.2 Å². The maximum absolute atomic E-state index is 6.46. The van der Waals surface area contributed by atoms with Crippen LogP contribution in [0.25, 0.3) is 0 Å². The molecule has 1 aliphatic heterocycles. The summed E-state index contributed by atoms with van der Waals surface area (Å²) in [6, 6.07) is 21.0. The summed E-state index contributed by atoms with van der Waals surface area (Å²) in [6.45, 7) is 14.0. The predicted octanol–water partition coefficient (Wildman–Crippen LogP) is 5.15. The second-order valence-corrected chi connectivity index (χ2v) is 14.5. The molecule has 0 radical (unpaired) electrons. The van der Waals surface area contributed by atoms with E-state index in [9.17, 15) is 0 Å². The van der Waals surface area contributed by atoms with Gasteiger partial charge in [-0.25, -0.2) is 0 Å². The first kappa shape index (κ1) is 23.2. The van der Waals surface area contributed by atoms with Crippen LogP contribution in [0.1, 0.15) is 31.9 Å². The maximum atomic E-state index is 6.46. The van der Waals surface area contributed by atoms with E-state index in [4.69, 9.17) is 13.9 Å². The molecule has 2 aromatic rings. The summed E-state index contributed by atoms with van der Waals surface area (Å²) >= 11 is 0. The summed E-state index contributed by atoms with van der Waals surface area (Å²) in [5.74, 6) is 0. The summed E-state index contributed by atoms with van der Waals surface area (Å²) in [4.78, 5) is 0. The number of hydrogen-bond donors (Lipinski definition) is 1. The van der Waals surface area contributed by atoms with Gasteiger partial charge in [-0.15, -0.1) is 0 Å². The molecule has 5 heteroatoms. The van der Waals surface area contributed by atoms with E-state index in [0.29, 0.717) is 26.4 Å². The van der Waals surface area contributed by atoms with Crippen molar-refractivity contribution in [3.05, 3.63) is 71.8 Å². The Balaban J connectivity index is 1.54. The molecule has 0 unspecified atom stereocenters. The first-order valence-electron chi connectivity index (χ1n) is 10.9. The van der Waals surface area contributed by atoms with Crippen LogP contribution in [0.3, 0.4) is 0 Å². The highest BCUT2D eigenvalue weighted by atomic mass is 28.4. The number of ether oxygens (including phenoxy) is 2. The van der Waals surface area contributed by atoms with E-state index in [1.165, 1.54) is 11.1 Å². The van der Waals surface area contributed by atoms with Crippen LogP contribution in [0.5, 0.6) is 0 Å². The number of benzene rings is 2. The van der Waals surface area contributed by atoms with E-state index in [1.807, 2.05) is 24.3 Å². The van der Waals surface area contributed by atoms with Crippen molar-refractivity contribution in [3.63, 3.8) is 0 Å². The monoisotopic (exact) mass is 427 g/mol. The van der Waals surface area contributed by atoms with Crippen LogP contribution in [-0.2, 0) is 27.1 Å². The molecule has 0 spiro atoms. The summed E-state index contributed by atoms with van der Waals surface area (Å²) < 4.78 is 18.8. The van der Waals surface area contributed by atoms with E-state index >= 15 is 0 Å². The summed E-state index contributed by atoms with van der Waals surface area (Å²) in [6.07, 6.45) is 0.0887. The van der Waals surface area contributed by atoms with Crippen molar-refractivity contribution in [2.75, 3.05) is 13.2 Å². The lowest BCUT2D eigenvalue weighted by Crippen LogP contribution is -2.70. The standard InChI is InChI=1S/C25H37NO3Si/c1-25(2,3)30(4,5)29-19-23-24(28-17-21-14-10-7-11-15-21)22(26-23)18-27-16-20-12-8-6-9-13-20/h6-15,22-24,26H,16-19H2,1-5H3/t22-,23-,24-/m0/s1. The second kappa shape index (κ2) is 10.2.